The van der Waals surface area contributed by atoms with Crippen LogP contribution in [0.5, 0.6) is 0 Å². The molecule has 0 unspecified atom stereocenters. The molecule has 1 aliphatic heterocycles. The lowest BCUT2D eigenvalue weighted by molar-refractivity contribution is 0.0762. The lowest BCUT2D eigenvalue weighted by atomic mass is 9.98. The highest BCUT2D eigenvalue weighted by Gasteiger charge is 2.27. The molecular weight excluding hydrogens is 426 g/mol. The Labute approximate surface area is 178 Å². The van der Waals surface area contributed by atoms with E-state index in [-0.39, 0.29) is 28.6 Å². The molecule has 1 N–H and O–H groups in total. The molecule has 0 aliphatic carbocycles. The van der Waals surface area contributed by atoms with E-state index in [0.717, 1.165) is 6.26 Å². The smallest absolute Gasteiger partial charge is 0.257 e. The van der Waals surface area contributed by atoms with Crippen molar-refractivity contribution in [2.75, 3.05) is 19.3 Å². The summed E-state index contributed by atoms with van der Waals surface area (Å²) in [6, 6.07) is 8.21. The third kappa shape index (κ3) is 4.47. The molecule has 0 bridgehead atoms. The number of nitrogens with zero attached hydrogens (tertiary/aromatic N) is 1. The van der Waals surface area contributed by atoms with Crippen LogP contribution in [0.4, 0.5) is 8.78 Å². The third-order valence-corrected chi connectivity index (χ3v) is 6.22. The highest BCUT2D eigenvalue weighted by atomic mass is 32.2. The fourth-order valence-electron chi connectivity index (χ4n) is 4.10. The van der Waals surface area contributed by atoms with Crippen molar-refractivity contribution in [3.8, 4) is 11.1 Å². The standard InChI is InChI=1S/C22H22F2N2O4S/c1-31(28,29)25-14-5-4-11-26(12-10-14)22(27)16-13-30-19-9-2-6-15(20(16)19)21-17(23)7-3-8-18(21)24/h2-3,6-9,13-14,25H,4-5,10-12H2,1H3/t14-/m0/s1. The molecule has 2 aromatic carbocycles. The lowest BCUT2D eigenvalue weighted by Crippen LogP contribution is -2.36. The van der Waals surface area contributed by atoms with Crippen LogP contribution in [0.3, 0.4) is 0 Å². The summed E-state index contributed by atoms with van der Waals surface area (Å²) in [5.41, 5.74) is 0.617. The molecule has 0 saturated carbocycles. The second-order valence-electron chi connectivity index (χ2n) is 7.73. The zero-order valence-corrected chi connectivity index (χ0v) is 17.7. The average Bonchev–Trinajstić information content (AvgIpc) is 3.00. The molecule has 0 radical (unpaired) electrons. The van der Waals surface area contributed by atoms with Crippen LogP contribution in [0.25, 0.3) is 22.1 Å². The number of benzene rings is 2. The van der Waals surface area contributed by atoms with Gasteiger partial charge in [0.15, 0.2) is 0 Å². The molecule has 2 heterocycles. The van der Waals surface area contributed by atoms with Crippen LogP contribution in [-0.2, 0) is 10.0 Å². The maximum absolute atomic E-state index is 14.5. The van der Waals surface area contributed by atoms with Crippen molar-refractivity contribution in [2.45, 2.75) is 25.3 Å². The number of sulfonamides is 1. The first-order chi connectivity index (χ1) is 14.7. The van der Waals surface area contributed by atoms with Crippen molar-refractivity contribution >= 4 is 26.9 Å². The summed E-state index contributed by atoms with van der Waals surface area (Å²) in [6.45, 7) is 0.804. The van der Waals surface area contributed by atoms with E-state index in [0.29, 0.717) is 43.3 Å². The molecule has 4 rings (SSSR count). The number of carbonyl (C=O) groups excluding carboxylic acids is 1. The number of amides is 1. The van der Waals surface area contributed by atoms with Crippen LogP contribution in [0.1, 0.15) is 29.6 Å². The van der Waals surface area contributed by atoms with Crippen molar-refractivity contribution in [2.24, 2.45) is 0 Å². The van der Waals surface area contributed by atoms with Crippen LogP contribution in [0.2, 0.25) is 0 Å². The molecule has 0 spiro atoms. The highest BCUT2D eigenvalue weighted by Crippen LogP contribution is 2.36. The molecule has 164 valence electrons. The maximum atomic E-state index is 14.5. The number of fused-ring (bicyclic) bond motifs is 1. The van der Waals surface area contributed by atoms with E-state index in [1.807, 2.05) is 0 Å². The van der Waals surface area contributed by atoms with E-state index in [9.17, 15) is 22.0 Å². The summed E-state index contributed by atoms with van der Waals surface area (Å²) in [6.07, 6.45) is 4.15. The Kier molecular flexibility index (Phi) is 5.81. The molecule has 1 atom stereocenters. The average molecular weight is 448 g/mol. The molecule has 1 fully saturated rings. The summed E-state index contributed by atoms with van der Waals surface area (Å²) in [5, 5.41) is 0.353. The molecule has 1 saturated heterocycles. The highest BCUT2D eigenvalue weighted by molar-refractivity contribution is 7.88. The summed E-state index contributed by atoms with van der Waals surface area (Å²) < 4.78 is 60.1. The summed E-state index contributed by atoms with van der Waals surface area (Å²) in [4.78, 5) is 14.9. The summed E-state index contributed by atoms with van der Waals surface area (Å²) >= 11 is 0. The maximum Gasteiger partial charge on any atom is 0.257 e. The van der Waals surface area contributed by atoms with Gasteiger partial charge in [0, 0.05) is 24.5 Å². The van der Waals surface area contributed by atoms with Crippen molar-refractivity contribution in [1.82, 2.24) is 9.62 Å². The van der Waals surface area contributed by atoms with Crippen LogP contribution >= 0.6 is 0 Å². The number of rotatable bonds is 4. The minimum Gasteiger partial charge on any atom is -0.463 e. The van der Waals surface area contributed by atoms with Gasteiger partial charge >= 0.3 is 0 Å². The fourth-order valence-corrected chi connectivity index (χ4v) is 4.94. The predicted molar refractivity (Wildman–Crippen MR) is 113 cm³/mol. The molecule has 3 aromatic rings. The van der Waals surface area contributed by atoms with Gasteiger partial charge in [0.1, 0.15) is 23.5 Å². The van der Waals surface area contributed by atoms with Gasteiger partial charge in [-0.3, -0.25) is 4.79 Å². The number of halogens is 2. The normalized spacial score (nSPS) is 17.6. The SMILES string of the molecule is CS(=O)(=O)N[C@H]1CCCN(C(=O)c2coc3cccc(-c4c(F)cccc4F)c23)CC1. The molecule has 9 heteroatoms. The molecule has 1 aliphatic rings. The van der Waals surface area contributed by atoms with Gasteiger partial charge in [-0.25, -0.2) is 21.9 Å². The van der Waals surface area contributed by atoms with E-state index in [1.54, 1.807) is 23.1 Å². The van der Waals surface area contributed by atoms with Crippen LogP contribution in [0, 0.1) is 11.6 Å². The van der Waals surface area contributed by atoms with Crippen LogP contribution in [-0.4, -0.2) is 44.6 Å². The Morgan fingerprint density at radius 1 is 1.10 bits per heavy atom. The number of furan rings is 1. The summed E-state index contributed by atoms with van der Waals surface area (Å²) in [7, 11) is -3.33. The van der Waals surface area contributed by atoms with E-state index in [4.69, 9.17) is 4.42 Å². The Morgan fingerprint density at radius 3 is 2.52 bits per heavy atom. The van der Waals surface area contributed by atoms with Crippen LogP contribution in [0.15, 0.2) is 47.1 Å². The Balaban J connectivity index is 1.68. The van der Waals surface area contributed by atoms with E-state index >= 15 is 0 Å². The van der Waals surface area contributed by atoms with Crippen molar-refractivity contribution in [1.29, 1.82) is 0 Å². The molecule has 1 aromatic heterocycles. The number of likely N-dealkylation sites (tertiary alicyclic amines) is 1. The molecule has 31 heavy (non-hydrogen) atoms. The Hall–Kier alpha value is -2.78. The zero-order valence-electron chi connectivity index (χ0n) is 16.9. The van der Waals surface area contributed by atoms with Gasteiger partial charge in [-0.1, -0.05) is 18.2 Å². The van der Waals surface area contributed by atoms with E-state index in [2.05, 4.69) is 4.72 Å². The first kappa shape index (κ1) is 21.5. The lowest BCUT2D eigenvalue weighted by Gasteiger charge is -2.20. The van der Waals surface area contributed by atoms with Gasteiger partial charge in [-0.05, 0) is 43.0 Å². The zero-order chi connectivity index (χ0) is 22.2. The van der Waals surface area contributed by atoms with Crippen molar-refractivity contribution < 1.29 is 26.4 Å². The van der Waals surface area contributed by atoms with Gasteiger partial charge in [-0.15, -0.1) is 0 Å². The first-order valence-electron chi connectivity index (χ1n) is 9.96. The van der Waals surface area contributed by atoms with Crippen LogP contribution < -0.4 is 4.72 Å². The Morgan fingerprint density at radius 2 is 1.81 bits per heavy atom. The quantitative estimate of drug-likeness (QED) is 0.656. The van der Waals surface area contributed by atoms with Crippen molar-refractivity contribution in [3.05, 3.63) is 59.9 Å². The molecule has 6 nitrogen and oxygen atoms in total. The van der Waals surface area contributed by atoms with Gasteiger partial charge in [0.05, 0.1) is 17.4 Å². The second-order valence-corrected chi connectivity index (χ2v) is 9.51. The van der Waals surface area contributed by atoms with E-state index < -0.39 is 21.7 Å². The topological polar surface area (TPSA) is 79.6 Å². The van der Waals surface area contributed by atoms with Crippen molar-refractivity contribution in [3.63, 3.8) is 0 Å². The van der Waals surface area contributed by atoms with E-state index in [1.165, 1.54) is 24.5 Å². The van der Waals surface area contributed by atoms with Gasteiger partial charge in [0.2, 0.25) is 10.0 Å². The monoisotopic (exact) mass is 448 g/mol. The third-order valence-electron chi connectivity index (χ3n) is 5.46. The minimum absolute atomic E-state index is 0.211. The van der Waals surface area contributed by atoms with Gasteiger partial charge in [-0.2, -0.15) is 0 Å². The van der Waals surface area contributed by atoms with Gasteiger partial charge in [0.25, 0.3) is 5.91 Å². The largest absolute Gasteiger partial charge is 0.463 e. The minimum atomic E-state index is -3.33. The Bertz CT molecular complexity index is 1220. The number of nitrogens with one attached hydrogen (secondary N) is 1. The second kappa shape index (κ2) is 8.39. The fraction of sp³-hybridized carbons (Fsp3) is 0.318. The summed E-state index contributed by atoms with van der Waals surface area (Å²) in [5.74, 6) is -1.77. The number of carbonyl (C=O) groups is 1. The molecular formula is C22H22F2N2O4S. The first-order valence-corrected chi connectivity index (χ1v) is 11.8. The number of hydrogen-bond acceptors (Lipinski definition) is 4. The predicted octanol–water partition coefficient (Wildman–Crippen LogP) is 3.92. The van der Waals surface area contributed by atoms with Gasteiger partial charge < -0.3 is 9.32 Å². The molecule has 1 amide bonds. The number of hydrogen-bond donors (Lipinski definition) is 1.